The lowest BCUT2D eigenvalue weighted by atomic mass is 10.0. The number of nitrogens with one attached hydrogen (secondary N) is 1. The van der Waals surface area contributed by atoms with Gasteiger partial charge in [0.1, 0.15) is 0 Å². The van der Waals surface area contributed by atoms with E-state index in [1.54, 1.807) is 11.0 Å². The van der Waals surface area contributed by atoms with Crippen molar-refractivity contribution in [3.8, 4) is 0 Å². The van der Waals surface area contributed by atoms with Gasteiger partial charge in [0.15, 0.2) is 0 Å². The van der Waals surface area contributed by atoms with Crippen molar-refractivity contribution in [2.45, 2.75) is 38.0 Å². The second-order valence-corrected chi connectivity index (χ2v) is 7.29. The molecule has 2 fully saturated rings. The van der Waals surface area contributed by atoms with Crippen LogP contribution in [0.3, 0.4) is 0 Å². The molecule has 2 unspecified atom stereocenters. The molecular weight excluding hydrogens is 359 g/mol. The number of halogens is 3. The maximum Gasteiger partial charge on any atom is 0.416 e. The van der Waals surface area contributed by atoms with Crippen molar-refractivity contribution in [2.75, 3.05) is 26.7 Å². The van der Waals surface area contributed by atoms with E-state index in [0.29, 0.717) is 18.7 Å². The van der Waals surface area contributed by atoms with Crippen LogP contribution in [0.25, 0.3) is 0 Å². The Kier molecular flexibility index (Phi) is 5.74. The molecule has 1 aromatic rings. The Balaban J connectivity index is 1.63. The number of carbonyl (C=O) groups excluding carboxylic acids is 2. The SMILES string of the molecule is CNC1CCCN(C(=O)C2CC(=O)N(Cc3cccc(C(F)(F)F)c3)C2)C1. The second kappa shape index (κ2) is 7.88. The number of hydrogen-bond donors (Lipinski definition) is 1. The first kappa shape index (κ1) is 19.7. The van der Waals surface area contributed by atoms with Crippen molar-refractivity contribution in [1.82, 2.24) is 15.1 Å². The molecule has 5 nitrogen and oxygen atoms in total. The van der Waals surface area contributed by atoms with E-state index in [9.17, 15) is 22.8 Å². The molecule has 1 N–H and O–H groups in total. The van der Waals surface area contributed by atoms with Gasteiger partial charge in [-0.2, -0.15) is 13.2 Å². The Morgan fingerprint density at radius 2 is 2.07 bits per heavy atom. The summed E-state index contributed by atoms with van der Waals surface area (Å²) in [5, 5.41) is 3.18. The van der Waals surface area contributed by atoms with E-state index in [-0.39, 0.29) is 37.4 Å². The molecule has 0 bridgehead atoms. The number of likely N-dealkylation sites (N-methyl/N-ethyl adjacent to an activating group) is 1. The summed E-state index contributed by atoms with van der Waals surface area (Å²) in [7, 11) is 1.87. The Hall–Kier alpha value is -2.09. The first-order valence-electron chi connectivity index (χ1n) is 9.18. The third-order valence-corrected chi connectivity index (χ3v) is 5.33. The number of hydrogen-bond acceptors (Lipinski definition) is 3. The van der Waals surface area contributed by atoms with Gasteiger partial charge in [-0.15, -0.1) is 0 Å². The van der Waals surface area contributed by atoms with Crippen LogP contribution < -0.4 is 5.32 Å². The summed E-state index contributed by atoms with van der Waals surface area (Å²) in [5.41, 5.74) is -0.315. The molecule has 1 aromatic carbocycles. The average molecular weight is 383 g/mol. The van der Waals surface area contributed by atoms with Crippen molar-refractivity contribution >= 4 is 11.8 Å². The molecule has 2 aliphatic rings. The fraction of sp³-hybridized carbons (Fsp3) is 0.579. The van der Waals surface area contributed by atoms with Gasteiger partial charge in [-0.3, -0.25) is 9.59 Å². The summed E-state index contributed by atoms with van der Waals surface area (Å²) in [6.45, 7) is 1.67. The number of nitrogens with zero attached hydrogens (tertiary/aromatic N) is 2. The number of piperidine rings is 1. The first-order chi connectivity index (χ1) is 12.8. The number of alkyl halides is 3. The third-order valence-electron chi connectivity index (χ3n) is 5.33. The van der Waals surface area contributed by atoms with E-state index in [4.69, 9.17) is 0 Å². The fourth-order valence-electron chi connectivity index (χ4n) is 3.83. The summed E-state index contributed by atoms with van der Waals surface area (Å²) in [4.78, 5) is 28.3. The van der Waals surface area contributed by atoms with E-state index in [0.717, 1.165) is 25.0 Å². The minimum absolute atomic E-state index is 0.0326. The normalized spacial score (nSPS) is 23.8. The lowest BCUT2D eigenvalue weighted by molar-refractivity contribution is -0.138. The summed E-state index contributed by atoms with van der Waals surface area (Å²) >= 11 is 0. The topological polar surface area (TPSA) is 52.7 Å². The molecule has 0 aliphatic carbocycles. The molecule has 2 heterocycles. The van der Waals surface area contributed by atoms with Gasteiger partial charge in [0.2, 0.25) is 11.8 Å². The summed E-state index contributed by atoms with van der Waals surface area (Å²) < 4.78 is 38.6. The van der Waals surface area contributed by atoms with Crippen LogP contribution in [0.4, 0.5) is 13.2 Å². The van der Waals surface area contributed by atoms with Crippen LogP contribution in [0.1, 0.15) is 30.4 Å². The minimum Gasteiger partial charge on any atom is -0.341 e. The molecule has 27 heavy (non-hydrogen) atoms. The zero-order valence-electron chi connectivity index (χ0n) is 15.3. The maximum atomic E-state index is 12.9. The Morgan fingerprint density at radius 1 is 1.30 bits per heavy atom. The van der Waals surface area contributed by atoms with E-state index >= 15 is 0 Å². The lowest BCUT2D eigenvalue weighted by Crippen LogP contribution is -2.49. The monoisotopic (exact) mass is 383 g/mol. The lowest BCUT2D eigenvalue weighted by Gasteiger charge is -2.34. The van der Waals surface area contributed by atoms with Gasteiger partial charge in [0.05, 0.1) is 11.5 Å². The minimum atomic E-state index is -4.42. The second-order valence-electron chi connectivity index (χ2n) is 7.29. The van der Waals surface area contributed by atoms with Gasteiger partial charge >= 0.3 is 6.18 Å². The van der Waals surface area contributed by atoms with Crippen LogP contribution in [0.2, 0.25) is 0 Å². The fourth-order valence-corrected chi connectivity index (χ4v) is 3.83. The largest absolute Gasteiger partial charge is 0.416 e. The molecular formula is C19H24F3N3O2. The summed E-state index contributed by atoms with van der Waals surface area (Å²) in [6, 6.07) is 5.24. The van der Waals surface area contributed by atoms with Crippen molar-refractivity contribution in [3.63, 3.8) is 0 Å². The van der Waals surface area contributed by atoms with Crippen LogP contribution in [0.5, 0.6) is 0 Å². The van der Waals surface area contributed by atoms with Crippen molar-refractivity contribution in [2.24, 2.45) is 5.92 Å². The smallest absolute Gasteiger partial charge is 0.341 e. The van der Waals surface area contributed by atoms with Crippen LogP contribution in [0, 0.1) is 5.92 Å². The van der Waals surface area contributed by atoms with Gasteiger partial charge in [-0.25, -0.2) is 0 Å². The molecule has 2 aliphatic heterocycles. The van der Waals surface area contributed by atoms with Crippen LogP contribution >= 0.6 is 0 Å². The zero-order chi connectivity index (χ0) is 19.6. The average Bonchev–Trinajstić information content (AvgIpc) is 3.01. The molecule has 0 saturated carbocycles. The van der Waals surface area contributed by atoms with E-state index in [2.05, 4.69) is 5.32 Å². The molecule has 0 spiro atoms. The van der Waals surface area contributed by atoms with Gasteiger partial charge in [0.25, 0.3) is 0 Å². The Labute approximate surface area is 156 Å². The van der Waals surface area contributed by atoms with E-state index in [1.807, 2.05) is 7.05 Å². The first-order valence-corrected chi connectivity index (χ1v) is 9.18. The summed E-state index contributed by atoms with van der Waals surface area (Å²) in [6.07, 6.45) is -2.35. The van der Waals surface area contributed by atoms with Crippen molar-refractivity contribution in [3.05, 3.63) is 35.4 Å². The molecule has 3 rings (SSSR count). The highest BCUT2D eigenvalue weighted by Crippen LogP contribution is 2.30. The number of rotatable bonds is 4. The van der Waals surface area contributed by atoms with Gasteiger partial charge in [-0.1, -0.05) is 12.1 Å². The Morgan fingerprint density at radius 3 is 2.78 bits per heavy atom. The van der Waals surface area contributed by atoms with E-state index in [1.165, 1.54) is 11.0 Å². The maximum absolute atomic E-state index is 12.9. The zero-order valence-corrected chi connectivity index (χ0v) is 15.3. The number of likely N-dealkylation sites (tertiary alicyclic amines) is 2. The highest BCUT2D eigenvalue weighted by molar-refractivity contribution is 5.89. The molecule has 8 heteroatoms. The van der Waals surface area contributed by atoms with Gasteiger partial charge in [0, 0.05) is 38.6 Å². The van der Waals surface area contributed by atoms with Crippen LogP contribution in [0.15, 0.2) is 24.3 Å². The van der Waals surface area contributed by atoms with Gasteiger partial charge in [-0.05, 0) is 37.6 Å². The number of amides is 2. The molecule has 148 valence electrons. The molecule has 2 atom stereocenters. The Bertz CT molecular complexity index is 708. The molecule has 2 amide bonds. The predicted octanol–water partition coefficient (Wildman–Crippen LogP) is 2.26. The standard InChI is InChI=1S/C19H24F3N3O2/c1-23-16-6-3-7-24(12-16)18(27)14-9-17(26)25(11-14)10-13-4-2-5-15(8-13)19(20,21)22/h2,4-5,8,14,16,23H,3,6-7,9-12H2,1H3. The molecule has 0 aromatic heterocycles. The van der Waals surface area contributed by atoms with E-state index < -0.39 is 17.7 Å². The highest BCUT2D eigenvalue weighted by atomic mass is 19.4. The highest BCUT2D eigenvalue weighted by Gasteiger charge is 2.38. The summed E-state index contributed by atoms with van der Waals surface area (Å²) in [5.74, 6) is -0.637. The van der Waals surface area contributed by atoms with Crippen LogP contribution in [-0.2, 0) is 22.3 Å². The number of benzene rings is 1. The van der Waals surface area contributed by atoms with Crippen molar-refractivity contribution < 1.29 is 22.8 Å². The third kappa shape index (κ3) is 4.61. The van der Waals surface area contributed by atoms with Crippen LogP contribution in [-0.4, -0.2) is 54.3 Å². The quantitative estimate of drug-likeness (QED) is 0.868. The molecule has 0 radical (unpaired) electrons. The van der Waals surface area contributed by atoms with Crippen molar-refractivity contribution in [1.29, 1.82) is 0 Å². The van der Waals surface area contributed by atoms with Gasteiger partial charge < -0.3 is 15.1 Å². The predicted molar refractivity (Wildman–Crippen MR) is 93.6 cm³/mol. The molecule has 2 saturated heterocycles. The number of carbonyl (C=O) groups is 2.